The molecule has 0 spiro atoms. The summed E-state index contributed by atoms with van der Waals surface area (Å²) in [6, 6.07) is 8.02. The molecule has 0 radical (unpaired) electrons. The van der Waals surface area contributed by atoms with Gasteiger partial charge < -0.3 is 19.5 Å². The second-order valence-corrected chi connectivity index (χ2v) is 6.89. The molecule has 6 heteroatoms. The number of hydrogen-bond donors (Lipinski definition) is 1. The minimum atomic E-state index is 0.0516. The quantitative estimate of drug-likeness (QED) is 0.866. The van der Waals surface area contributed by atoms with Gasteiger partial charge in [0.2, 0.25) is 0 Å². The molecule has 0 bridgehead atoms. The summed E-state index contributed by atoms with van der Waals surface area (Å²) < 4.78 is 7.36. The number of carbonyl (C=O) groups is 1. The zero-order chi connectivity index (χ0) is 18.4. The van der Waals surface area contributed by atoms with Gasteiger partial charge in [-0.1, -0.05) is 12.1 Å². The molecule has 2 amide bonds. The van der Waals surface area contributed by atoms with Gasteiger partial charge in [-0.2, -0.15) is 0 Å². The molecule has 1 aliphatic rings. The summed E-state index contributed by atoms with van der Waals surface area (Å²) in [4.78, 5) is 18.6. The highest BCUT2D eigenvalue weighted by Gasteiger charge is 2.23. The summed E-state index contributed by atoms with van der Waals surface area (Å²) in [5.74, 6) is 2.53. The Morgan fingerprint density at radius 1 is 1.27 bits per heavy atom. The predicted octanol–water partition coefficient (Wildman–Crippen LogP) is 2.86. The van der Waals surface area contributed by atoms with Crippen molar-refractivity contribution in [3.63, 3.8) is 0 Å². The van der Waals surface area contributed by atoms with Crippen molar-refractivity contribution in [1.29, 1.82) is 0 Å². The van der Waals surface area contributed by atoms with Crippen molar-refractivity contribution >= 4 is 6.03 Å². The molecular formula is C20H28N4O2. The number of aromatic nitrogens is 2. The zero-order valence-corrected chi connectivity index (χ0v) is 15.6. The fourth-order valence-corrected chi connectivity index (χ4v) is 3.41. The van der Waals surface area contributed by atoms with E-state index in [4.69, 9.17) is 4.74 Å². The molecule has 6 nitrogen and oxygen atoms in total. The third-order valence-electron chi connectivity index (χ3n) is 5.13. The Labute approximate surface area is 155 Å². The van der Waals surface area contributed by atoms with Gasteiger partial charge in [-0.25, -0.2) is 9.78 Å². The number of nitrogens with one attached hydrogen (secondary N) is 1. The van der Waals surface area contributed by atoms with Gasteiger partial charge in [0.1, 0.15) is 11.6 Å². The van der Waals surface area contributed by atoms with E-state index in [1.54, 1.807) is 7.11 Å². The van der Waals surface area contributed by atoms with E-state index in [0.29, 0.717) is 12.5 Å². The first-order valence-corrected chi connectivity index (χ1v) is 9.29. The van der Waals surface area contributed by atoms with Crippen LogP contribution >= 0.6 is 0 Å². The second kappa shape index (κ2) is 8.74. The van der Waals surface area contributed by atoms with Crippen LogP contribution in [0.1, 0.15) is 24.2 Å². The lowest BCUT2D eigenvalue weighted by molar-refractivity contribution is 0.165. The van der Waals surface area contributed by atoms with Crippen molar-refractivity contribution in [1.82, 2.24) is 19.8 Å². The summed E-state index contributed by atoms with van der Waals surface area (Å²) in [6.45, 7) is 5.34. The molecule has 3 rings (SSSR count). The Kier molecular flexibility index (Phi) is 6.15. The molecule has 2 aromatic rings. The Hall–Kier alpha value is -2.50. The first-order valence-electron chi connectivity index (χ1n) is 9.29. The highest BCUT2D eigenvalue weighted by molar-refractivity contribution is 5.74. The van der Waals surface area contributed by atoms with Crippen molar-refractivity contribution < 1.29 is 9.53 Å². The molecule has 140 valence electrons. The van der Waals surface area contributed by atoms with E-state index < -0.39 is 0 Å². The molecular weight excluding hydrogens is 328 g/mol. The molecule has 0 saturated carbocycles. The number of ether oxygens (including phenoxy) is 1. The van der Waals surface area contributed by atoms with E-state index >= 15 is 0 Å². The Bertz CT molecular complexity index is 703. The lowest BCUT2D eigenvalue weighted by Gasteiger charge is -2.32. The van der Waals surface area contributed by atoms with E-state index in [1.807, 2.05) is 48.5 Å². The van der Waals surface area contributed by atoms with Crippen molar-refractivity contribution in [2.45, 2.75) is 32.7 Å². The number of amides is 2. The first kappa shape index (κ1) is 18.3. The van der Waals surface area contributed by atoms with Crippen molar-refractivity contribution in [3.05, 3.63) is 48.0 Å². The lowest BCUT2D eigenvalue weighted by atomic mass is 9.97. The Morgan fingerprint density at radius 3 is 2.62 bits per heavy atom. The van der Waals surface area contributed by atoms with Gasteiger partial charge in [-0.05, 0) is 49.8 Å². The highest BCUT2D eigenvalue weighted by Crippen LogP contribution is 2.19. The standard InChI is InChI=1S/C20H28N4O2/c1-16-21-11-14-24(16)15-18-8-12-23(13-9-18)20(25)22-10-7-17-3-5-19(26-2)6-4-17/h3-6,11,14,18H,7-10,12-13,15H2,1-2H3,(H,22,25). The van der Waals surface area contributed by atoms with Crippen LogP contribution in [0.4, 0.5) is 4.79 Å². The van der Waals surface area contributed by atoms with Crippen molar-refractivity contribution in [2.24, 2.45) is 5.92 Å². The number of benzene rings is 1. The van der Waals surface area contributed by atoms with Crippen LogP contribution in [0.15, 0.2) is 36.7 Å². The number of piperidine rings is 1. The number of hydrogen-bond acceptors (Lipinski definition) is 3. The van der Waals surface area contributed by atoms with E-state index in [-0.39, 0.29) is 6.03 Å². The van der Waals surface area contributed by atoms with Gasteiger partial charge in [0.25, 0.3) is 0 Å². The smallest absolute Gasteiger partial charge is 0.317 e. The van der Waals surface area contributed by atoms with Crippen molar-refractivity contribution in [3.8, 4) is 5.75 Å². The third-order valence-corrected chi connectivity index (χ3v) is 5.13. The predicted molar refractivity (Wildman–Crippen MR) is 101 cm³/mol. The summed E-state index contributed by atoms with van der Waals surface area (Å²) in [5, 5.41) is 3.04. The summed E-state index contributed by atoms with van der Waals surface area (Å²) in [7, 11) is 1.66. The third kappa shape index (κ3) is 4.77. The second-order valence-electron chi connectivity index (χ2n) is 6.89. The number of likely N-dealkylation sites (tertiary alicyclic amines) is 1. The largest absolute Gasteiger partial charge is 0.497 e. The number of urea groups is 1. The molecule has 1 aromatic carbocycles. The topological polar surface area (TPSA) is 59.4 Å². The zero-order valence-electron chi connectivity index (χ0n) is 15.6. The molecule has 1 N–H and O–H groups in total. The number of methoxy groups -OCH3 is 1. The average molecular weight is 356 g/mol. The number of nitrogens with zero attached hydrogens (tertiary/aromatic N) is 3. The van der Waals surface area contributed by atoms with E-state index in [1.165, 1.54) is 5.56 Å². The molecule has 2 heterocycles. The summed E-state index contributed by atoms with van der Waals surface area (Å²) >= 11 is 0. The molecule has 0 aliphatic carbocycles. The first-order chi connectivity index (χ1) is 12.7. The molecule has 1 aromatic heterocycles. The minimum absolute atomic E-state index is 0.0516. The van der Waals surface area contributed by atoms with Crippen LogP contribution in [-0.4, -0.2) is 47.2 Å². The average Bonchev–Trinajstić information content (AvgIpc) is 3.07. The van der Waals surface area contributed by atoms with Gasteiger partial charge in [-0.15, -0.1) is 0 Å². The fourth-order valence-electron chi connectivity index (χ4n) is 3.41. The minimum Gasteiger partial charge on any atom is -0.497 e. The van der Waals surface area contributed by atoms with Crippen LogP contribution in [0, 0.1) is 12.8 Å². The molecule has 1 aliphatic heterocycles. The normalized spacial score (nSPS) is 15.1. The van der Waals surface area contributed by atoms with Crippen LogP contribution < -0.4 is 10.1 Å². The maximum atomic E-state index is 12.3. The molecule has 26 heavy (non-hydrogen) atoms. The summed E-state index contributed by atoms with van der Waals surface area (Å²) in [6.07, 6.45) is 6.80. The highest BCUT2D eigenvalue weighted by atomic mass is 16.5. The maximum absolute atomic E-state index is 12.3. The molecule has 0 unspecified atom stereocenters. The summed E-state index contributed by atoms with van der Waals surface area (Å²) in [5.41, 5.74) is 1.19. The Balaban J connectivity index is 1.37. The van der Waals surface area contributed by atoms with Crippen LogP contribution in [0.3, 0.4) is 0 Å². The maximum Gasteiger partial charge on any atom is 0.317 e. The van der Waals surface area contributed by atoms with E-state index in [0.717, 1.165) is 50.5 Å². The monoisotopic (exact) mass is 356 g/mol. The van der Waals surface area contributed by atoms with Gasteiger partial charge in [0.15, 0.2) is 0 Å². The van der Waals surface area contributed by atoms with Gasteiger partial charge in [0, 0.05) is 38.6 Å². The van der Waals surface area contributed by atoms with Crippen LogP contribution in [0.5, 0.6) is 5.75 Å². The van der Waals surface area contributed by atoms with Crippen molar-refractivity contribution in [2.75, 3.05) is 26.7 Å². The number of carbonyl (C=O) groups excluding carboxylic acids is 1. The fraction of sp³-hybridized carbons (Fsp3) is 0.500. The van der Waals surface area contributed by atoms with Crippen LogP contribution in [-0.2, 0) is 13.0 Å². The van der Waals surface area contributed by atoms with Gasteiger partial charge in [0.05, 0.1) is 7.11 Å². The number of aryl methyl sites for hydroxylation is 1. The Morgan fingerprint density at radius 2 is 2.00 bits per heavy atom. The number of imidazole rings is 1. The molecule has 0 atom stereocenters. The molecule has 1 saturated heterocycles. The van der Waals surface area contributed by atoms with Gasteiger partial charge in [-0.3, -0.25) is 0 Å². The SMILES string of the molecule is COc1ccc(CCNC(=O)N2CCC(Cn3ccnc3C)CC2)cc1. The van der Waals surface area contributed by atoms with E-state index in [9.17, 15) is 4.79 Å². The van der Waals surface area contributed by atoms with E-state index in [2.05, 4.69) is 14.9 Å². The number of rotatable bonds is 6. The van der Waals surface area contributed by atoms with Gasteiger partial charge >= 0.3 is 6.03 Å². The lowest BCUT2D eigenvalue weighted by Crippen LogP contribution is -2.45. The van der Waals surface area contributed by atoms with Crippen LogP contribution in [0.2, 0.25) is 0 Å². The molecule has 1 fully saturated rings. The van der Waals surface area contributed by atoms with Crippen LogP contribution in [0.25, 0.3) is 0 Å².